The minimum absolute atomic E-state index is 0.227. The Kier molecular flexibility index (Phi) is 10.9. The van der Waals surface area contributed by atoms with Gasteiger partial charge in [-0.05, 0) is 39.5 Å². The molecule has 0 spiro atoms. The SMILES string of the molecule is CC(=O)OCCCCCC=N/C(CN)=C(\C)N=C(C)Cl. The second-order valence-corrected chi connectivity index (χ2v) is 4.89. The fourth-order valence-corrected chi connectivity index (χ4v) is 1.62. The van der Waals surface area contributed by atoms with Gasteiger partial charge in [0, 0.05) is 19.7 Å². The molecule has 6 heteroatoms. The van der Waals surface area contributed by atoms with Crippen molar-refractivity contribution < 1.29 is 9.53 Å². The van der Waals surface area contributed by atoms with Crippen molar-refractivity contribution in [2.24, 2.45) is 15.7 Å². The van der Waals surface area contributed by atoms with Crippen molar-refractivity contribution >= 4 is 29.0 Å². The highest BCUT2D eigenvalue weighted by Gasteiger charge is 1.97. The molecular formula is C14H24ClN3O2. The number of esters is 1. The van der Waals surface area contributed by atoms with Crippen LogP contribution in [0.15, 0.2) is 21.4 Å². The Labute approximate surface area is 126 Å². The van der Waals surface area contributed by atoms with Gasteiger partial charge in [0.15, 0.2) is 0 Å². The smallest absolute Gasteiger partial charge is 0.302 e. The van der Waals surface area contributed by atoms with Crippen molar-refractivity contribution in [2.75, 3.05) is 13.2 Å². The number of hydrogen-bond acceptors (Lipinski definition) is 5. The van der Waals surface area contributed by atoms with Gasteiger partial charge < -0.3 is 10.5 Å². The van der Waals surface area contributed by atoms with Crippen molar-refractivity contribution in [2.45, 2.75) is 46.5 Å². The molecule has 0 saturated heterocycles. The summed E-state index contributed by atoms with van der Waals surface area (Å²) in [6.07, 6.45) is 5.58. The molecule has 0 aromatic carbocycles. The third-order valence-corrected chi connectivity index (χ3v) is 2.55. The molecule has 0 aliphatic carbocycles. The summed E-state index contributed by atoms with van der Waals surface area (Å²) in [6, 6.07) is 0. The van der Waals surface area contributed by atoms with Crippen LogP contribution >= 0.6 is 11.6 Å². The number of unbranched alkanes of at least 4 members (excludes halogenated alkanes) is 3. The number of halogens is 1. The third kappa shape index (κ3) is 10.7. The normalized spacial score (nSPS) is 13.6. The number of nitrogens with zero attached hydrogens (tertiary/aromatic N) is 2. The maximum atomic E-state index is 10.5. The summed E-state index contributed by atoms with van der Waals surface area (Å²) in [4.78, 5) is 19.0. The maximum absolute atomic E-state index is 10.5. The third-order valence-electron chi connectivity index (χ3n) is 2.46. The topological polar surface area (TPSA) is 77.0 Å². The number of allylic oxidation sites excluding steroid dienone is 1. The monoisotopic (exact) mass is 301 g/mol. The molecule has 0 rings (SSSR count). The second-order valence-electron chi connectivity index (χ2n) is 4.35. The predicted molar refractivity (Wildman–Crippen MR) is 84.3 cm³/mol. The van der Waals surface area contributed by atoms with Crippen molar-refractivity contribution in [3.05, 3.63) is 11.4 Å². The van der Waals surface area contributed by atoms with Gasteiger partial charge in [0.1, 0.15) is 5.17 Å². The highest BCUT2D eigenvalue weighted by atomic mass is 35.5. The zero-order chi connectivity index (χ0) is 15.4. The molecule has 0 bridgehead atoms. The van der Waals surface area contributed by atoms with E-state index in [9.17, 15) is 4.79 Å². The first-order valence-electron chi connectivity index (χ1n) is 6.73. The van der Waals surface area contributed by atoms with Crippen LogP contribution in [0.2, 0.25) is 0 Å². The molecule has 0 aliphatic heterocycles. The van der Waals surface area contributed by atoms with E-state index in [0.717, 1.165) is 37.1 Å². The molecule has 0 aromatic rings. The van der Waals surface area contributed by atoms with Crippen LogP contribution in [-0.4, -0.2) is 30.5 Å². The molecular weight excluding hydrogens is 278 g/mol. The molecule has 0 heterocycles. The first-order chi connectivity index (χ1) is 9.47. The standard InChI is InChI=1S/C14H24ClN3O2/c1-11(18-12(2)15)14(10-16)17-8-6-4-5-7-9-20-13(3)19/h8H,4-7,9-10,16H2,1-3H3/b14-11+,17-8?,18-12?. The van der Waals surface area contributed by atoms with E-state index in [-0.39, 0.29) is 5.97 Å². The van der Waals surface area contributed by atoms with E-state index in [1.54, 1.807) is 6.92 Å². The average Bonchev–Trinajstić information content (AvgIpc) is 2.35. The fraction of sp³-hybridized carbons (Fsp3) is 0.643. The Morgan fingerprint density at radius 3 is 2.50 bits per heavy atom. The van der Waals surface area contributed by atoms with Crippen molar-refractivity contribution in [3.8, 4) is 0 Å². The van der Waals surface area contributed by atoms with Gasteiger partial charge in [0.2, 0.25) is 0 Å². The fourth-order valence-electron chi connectivity index (χ4n) is 1.49. The molecule has 5 nitrogen and oxygen atoms in total. The minimum Gasteiger partial charge on any atom is -0.466 e. The van der Waals surface area contributed by atoms with Crippen molar-refractivity contribution in [1.29, 1.82) is 0 Å². The van der Waals surface area contributed by atoms with Crippen LogP contribution in [0.5, 0.6) is 0 Å². The highest BCUT2D eigenvalue weighted by molar-refractivity contribution is 6.64. The Balaban J connectivity index is 3.98. The van der Waals surface area contributed by atoms with Gasteiger partial charge in [-0.25, -0.2) is 4.99 Å². The Morgan fingerprint density at radius 2 is 1.95 bits per heavy atom. The van der Waals surface area contributed by atoms with Crippen LogP contribution in [0.3, 0.4) is 0 Å². The molecule has 2 N–H and O–H groups in total. The Bertz CT molecular complexity index is 386. The van der Waals surface area contributed by atoms with E-state index in [2.05, 4.69) is 9.98 Å². The molecule has 0 aliphatic rings. The largest absolute Gasteiger partial charge is 0.466 e. The quantitative estimate of drug-likeness (QED) is 0.404. The minimum atomic E-state index is -0.227. The number of carbonyl (C=O) groups is 1. The summed E-state index contributed by atoms with van der Waals surface area (Å²) < 4.78 is 4.85. The van der Waals surface area contributed by atoms with E-state index in [1.807, 2.05) is 13.1 Å². The van der Waals surface area contributed by atoms with Gasteiger partial charge >= 0.3 is 5.97 Å². The van der Waals surface area contributed by atoms with Gasteiger partial charge in [-0.2, -0.15) is 0 Å². The van der Waals surface area contributed by atoms with Gasteiger partial charge in [0.25, 0.3) is 0 Å². The van der Waals surface area contributed by atoms with E-state index in [1.165, 1.54) is 6.92 Å². The first kappa shape index (κ1) is 18.8. The molecule has 0 amide bonds. The number of carbonyl (C=O) groups excluding carboxylic acids is 1. The average molecular weight is 302 g/mol. The number of ether oxygens (including phenoxy) is 1. The lowest BCUT2D eigenvalue weighted by Crippen LogP contribution is -2.03. The lowest BCUT2D eigenvalue weighted by molar-refractivity contribution is -0.141. The van der Waals surface area contributed by atoms with Crippen LogP contribution in [0.1, 0.15) is 46.5 Å². The molecule has 114 valence electrons. The van der Waals surface area contributed by atoms with Gasteiger partial charge in [-0.1, -0.05) is 11.6 Å². The molecule has 0 saturated carbocycles. The van der Waals surface area contributed by atoms with Crippen molar-refractivity contribution in [1.82, 2.24) is 0 Å². The lowest BCUT2D eigenvalue weighted by atomic mass is 10.2. The number of hydrogen-bond donors (Lipinski definition) is 1. The summed E-state index contributed by atoms with van der Waals surface area (Å²) in [6.45, 7) is 5.79. The highest BCUT2D eigenvalue weighted by Crippen LogP contribution is 2.07. The predicted octanol–water partition coefficient (Wildman–Crippen LogP) is 3.03. The van der Waals surface area contributed by atoms with Crippen LogP contribution in [-0.2, 0) is 9.53 Å². The van der Waals surface area contributed by atoms with Crippen LogP contribution in [0.4, 0.5) is 0 Å². The second kappa shape index (κ2) is 11.6. The van der Waals surface area contributed by atoms with Crippen molar-refractivity contribution in [3.63, 3.8) is 0 Å². The Hall–Kier alpha value is -1.20. The van der Waals surface area contributed by atoms with Crippen LogP contribution < -0.4 is 5.73 Å². The molecule has 0 fully saturated rings. The zero-order valence-electron chi connectivity index (χ0n) is 12.5. The van der Waals surface area contributed by atoms with E-state index in [4.69, 9.17) is 22.1 Å². The summed E-state index contributed by atoms with van der Waals surface area (Å²) in [5.41, 5.74) is 7.11. The molecule has 0 unspecified atom stereocenters. The van der Waals surface area contributed by atoms with E-state index in [0.29, 0.717) is 18.3 Å². The summed E-state index contributed by atoms with van der Waals surface area (Å²) in [7, 11) is 0. The van der Waals surface area contributed by atoms with E-state index < -0.39 is 0 Å². The summed E-state index contributed by atoms with van der Waals surface area (Å²) in [5.74, 6) is -0.227. The van der Waals surface area contributed by atoms with E-state index >= 15 is 0 Å². The molecule has 0 aromatic heterocycles. The summed E-state index contributed by atoms with van der Waals surface area (Å²) >= 11 is 5.72. The zero-order valence-corrected chi connectivity index (χ0v) is 13.2. The first-order valence-corrected chi connectivity index (χ1v) is 7.11. The number of nitrogens with two attached hydrogens (primary N) is 1. The van der Waals surface area contributed by atoms with Gasteiger partial charge in [-0.15, -0.1) is 0 Å². The number of aliphatic imine (C=N–C) groups is 2. The van der Waals surface area contributed by atoms with Crippen LogP contribution in [0, 0.1) is 0 Å². The Morgan fingerprint density at radius 1 is 1.25 bits per heavy atom. The van der Waals surface area contributed by atoms with Crippen LogP contribution in [0.25, 0.3) is 0 Å². The molecule has 0 radical (unpaired) electrons. The van der Waals surface area contributed by atoms with Gasteiger partial charge in [-0.3, -0.25) is 9.79 Å². The lowest BCUT2D eigenvalue weighted by Gasteiger charge is -2.02. The van der Waals surface area contributed by atoms with Gasteiger partial charge in [0.05, 0.1) is 18.0 Å². The number of rotatable bonds is 9. The molecule has 0 atom stereocenters. The maximum Gasteiger partial charge on any atom is 0.302 e. The molecule has 20 heavy (non-hydrogen) atoms. The summed E-state index contributed by atoms with van der Waals surface area (Å²) in [5, 5.41) is 0.467.